The Balaban J connectivity index is 2.26. The lowest BCUT2D eigenvalue weighted by atomic mass is 10.3. The molecule has 0 aliphatic heterocycles. The second-order valence-electron chi connectivity index (χ2n) is 3.48. The smallest absolute Gasteiger partial charge is 0.264 e. The molecule has 0 radical (unpaired) electrons. The zero-order valence-corrected chi connectivity index (χ0v) is 9.65. The van der Waals surface area contributed by atoms with E-state index in [-0.39, 0.29) is 5.75 Å². The van der Waals surface area contributed by atoms with Crippen LogP contribution in [0.2, 0.25) is 0 Å². The molecule has 86 valence electrons. The largest absolute Gasteiger partial charge is 0.286 e. The molecule has 0 saturated heterocycles. The Kier molecular flexibility index (Phi) is 4.28. The number of unbranched alkanes of at least 4 members (excludes halogenated alkanes) is 1. The Morgan fingerprint density at radius 3 is 2.67 bits per heavy atom. The molecular formula is C9H17N2O3S+. The molecule has 0 unspecified atom stereocenters. The van der Waals surface area contributed by atoms with E-state index in [2.05, 4.69) is 6.92 Å². The Bertz CT molecular complexity index is 397. The third-order valence-corrected chi connectivity index (χ3v) is 2.98. The van der Waals surface area contributed by atoms with Crippen molar-refractivity contribution in [3.8, 4) is 0 Å². The number of nitrogens with zero attached hydrogens (tertiary/aromatic N) is 2. The molecule has 15 heavy (non-hydrogen) atoms. The summed E-state index contributed by atoms with van der Waals surface area (Å²) in [5.74, 6) is -0.151. The molecule has 0 aromatic carbocycles. The zero-order chi connectivity index (χ0) is 11.3. The van der Waals surface area contributed by atoms with E-state index in [0.29, 0.717) is 6.42 Å². The van der Waals surface area contributed by atoms with Crippen molar-refractivity contribution in [2.75, 3.05) is 5.75 Å². The van der Waals surface area contributed by atoms with Gasteiger partial charge >= 0.3 is 0 Å². The molecule has 1 aromatic heterocycles. The molecule has 0 aliphatic carbocycles. The third-order valence-electron chi connectivity index (χ3n) is 2.18. The standard InChI is InChI=1S/C9H16N2O3S/c1-2-10-6-7-11(9-10)5-3-4-8-15(12,13)14/h6-7,9H,2-5,8H2,1H3/p+1. The Morgan fingerprint density at radius 1 is 1.40 bits per heavy atom. The fourth-order valence-electron chi connectivity index (χ4n) is 1.34. The Hall–Kier alpha value is -0.880. The predicted molar refractivity (Wildman–Crippen MR) is 56.0 cm³/mol. The Labute approximate surface area is 90.1 Å². The summed E-state index contributed by atoms with van der Waals surface area (Å²) in [6, 6.07) is 0. The highest BCUT2D eigenvalue weighted by Crippen LogP contribution is 1.97. The fraction of sp³-hybridized carbons (Fsp3) is 0.667. The van der Waals surface area contributed by atoms with E-state index in [9.17, 15) is 8.42 Å². The number of aromatic nitrogens is 2. The number of aryl methyl sites for hydroxylation is 2. The van der Waals surface area contributed by atoms with Crippen LogP contribution in [-0.4, -0.2) is 23.3 Å². The van der Waals surface area contributed by atoms with Crippen LogP contribution in [0, 0.1) is 0 Å². The Morgan fingerprint density at radius 2 is 2.13 bits per heavy atom. The van der Waals surface area contributed by atoms with E-state index in [1.54, 1.807) is 0 Å². The normalized spacial score (nSPS) is 11.9. The van der Waals surface area contributed by atoms with Crippen LogP contribution >= 0.6 is 0 Å². The van der Waals surface area contributed by atoms with Gasteiger partial charge in [-0.15, -0.1) is 0 Å². The van der Waals surface area contributed by atoms with E-state index in [0.717, 1.165) is 19.5 Å². The summed E-state index contributed by atoms with van der Waals surface area (Å²) in [7, 11) is -3.79. The van der Waals surface area contributed by atoms with Crippen LogP contribution < -0.4 is 4.57 Å². The van der Waals surface area contributed by atoms with Crippen molar-refractivity contribution in [3.05, 3.63) is 18.7 Å². The molecule has 0 saturated carbocycles. The first-order valence-electron chi connectivity index (χ1n) is 5.01. The first-order chi connectivity index (χ1) is 7.01. The topological polar surface area (TPSA) is 63.2 Å². The van der Waals surface area contributed by atoms with Gasteiger partial charge in [0, 0.05) is 0 Å². The van der Waals surface area contributed by atoms with Crippen LogP contribution in [0.1, 0.15) is 19.8 Å². The number of hydrogen-bond acceptors (Lipinski definition) is 2. The molecule has 0 fully saturated rings. The van der Waals surface area contributed by atoms with E-state index in [4.69, 9.17) is 4.55 Å². The van der Waals surface area contributed by atoms with Crippen molar-refractivity contribution in [2.45, 2.75) is 32.9 Å². The van der Waals surface area contributed by atoms with Crippen LogP contribution in [0.25, 0.3) is 0 Å². The molecule has 0 spiro atoms. The second kappa shape index (κ2) is 5.27. The maximum Gasteiger partial charge on any atom is 0.264 e. The first-order valence-corrected chi connectivity index (χ1v) is 6.62. The van der Waals surface area contributed by atoms with E-state index in [1.165, 1.54) is 0 Å². The SMILES string of the molecule is CC[n+]1ccn(CCCCS(=O)(=O)O)c1. The molecule has 6 heteroatoms. The van der Waals surface area contributed by atoms with Gasteiger partial charge in [0.2, 0.25) is 6.33 Å². The predicted octanol–water partition coefficient (Wildman–Crippen LogP) is 0.463. The van der Waals surface area contributed by atoms with Crippen LogP contribution in [0.5, 0.6) is 0 Å². The highest BCUT2D eigenvalue weighted by Gasteiger charge is 2.05. The average molecular weight is 233 g/mol. The monoisotopic (exact) mass is 233 g/mol. The summed E-state index contributed by atoms with van der Waals surface area (Å²) >= 11 is 0. The van der Waals surface area contributed by atoms with E-state index in [1.807, 2.05) is 27.9 Å². The lowest BCUT2D eigenvalue weighted by Crippen LogP contribution is -2.28. The van der Waals surface area contributed by atoms with Crippen molar-refractivity contribution in [1.29, 1.82) is 0 Å². The highest BCUT2D eigenvalue weighted by atomic mass is 32.2. The summed E-state index contributed by atoms with van der Waals surface area (Å²) in [6.07, 6.45) is 7.15. The van der Waals surface area contributed by atoms with Crippen molar-refractivity contribution in [3.63, 3.8) is 0 Å². The van der Waals surface area contributed by atoms with Gasteiger partial charge in [0.15, 0.2) is 0 Å². The molecule has 1 N–H and O–H groups in total. The van der Waals surface area contributed by atoms with Crippen molar-refractivity contribution in [1.82, 2.24) is 4.57 Å². The number of rotatable bonds is 6. The maximum atomic E-state index is 10.4. The van der Waals surface area contributed by atoms with Gasteiger partial charge in [-0.1, -0.05) is 0 Å². The van der Waals surface area contributed by atoms with E-state index >= 15 is 0 Å². The average Bonchev–Trinajstić information content (AvgIpc) is 2.59. The van der Waals surface area contributed by atoms with Gasteiger partial charge in [0.05, 0.1) is 18.8 Å². The number of hydrogen-bond donors (Lipinski definition) is 1. The van der Waals surface area contributed by atoms with Gasteiger partial charge in [-0.2, -0.15) is 8.42 Å². The minimum absolute atomic E-state index is 0.151. The quantitative estimate of drug-likeness (QED) is 0.441. The van der Waals surface area contributed by atoms with Gasteiger partial charge in [0.1, 0.15) is 12.4 Å². The highest BCUT2D eigenvalue weighted by molar-refractivity contribution is 7.85. The van der Waals surface area contributed by atoms with E-state index < -0.39 is 10.1 Å². The third kappa shape index (κ3) is 4.94. The molecule has 1 aromatic rings. The summed E-state index contributed by atoms with van der Waals surface area (Å²) in [5.41, 5.74) is 0. The van der Waals surface area contributed by atoms with Crippen LogP contribution in [0.3, 0.4) is 0 Å². The molecular weight excluding hydrogens is 216 g/mol. The molecule has 1 rings (SSSR count). The molecule has 1 heterocycles. The molecule has 5 nitrogen and oxygen atoms in total. The summed E-state index contributed by atoms with van der Waals surface area (Å²) < 4.78 is 33.4. The minimum atomic E-state index is -3.79. The first kappa shape index (κ1) is 12.2. The van der Waals surface area contributed by atoms with Gasteiger partial charge in [-0.3, -0.25) is 4.55 Å². The number of imidazole rings is 1. The molecule has 0 aliphatic rings. The van der Waals surface area contributed by atoms with Crippen LogP contribution in [0.15, 0.2) is 18.7 Å². The maximum absolute atomic E-state index is 10.4. The van der Waals surface area contributed by atoms with Crippen molar-refractivity contribution >= 4 is 10.1 Å². The van der Waals surface area contributed by atoms with Gasteiger partial charge in [-0.05, 0) is 19.8 Å². The second-order valence-corrected chi connectivity index (χ2v) is 5.05. The minimum Gasteiger partial charge on any atom is -0.286 e. The fourth-order valence-corrected chi connectivity index (χ4v) is 1.91. The van der Waals surface area contributed by atoms with Crippen molar-refractivity contribution < 1.29 is 17.5 Å². The van der Waals surface area contributed by atoms with Gasteiger partial charge in [-0.25, -0.2) is 9.13 Å². The van der Waals surface area contributed by atoms with Crippen LogP contribution in [0.4, 0.5) is 0 Å². The van der Waals surface area contributed by atoms with Gasteiger partial charge in [0.25, 0.3) is 10.1 Å². The molecule has 0 atom stereocenters. The molecule has 0 amide bonds. The van der Waals surface area contributed by atoms with Crippen LogP contribution in [-0.2, 0) is 23.2 Å². The molecule has 0 bridgehead atoms. The van der Waals surface area contributed by atoms with Crippen molar-refractivity contribution in [2.24, 2.45) is 0 Å². The summed E-state index contributed by atoms with van der Waals surface area (Å²) in [6.45, 7) is 3.77. The summed E-state index contributed by atoms with van der Waals surface area (Å²) in [5, 5.41) is 0. The zero-order valence-electron chi connectivity index (χ0n) is 8.83. The van der Waals surface area contributed by atoms with Gasteiger partial charge < -0.3 is 0 Å². The summed E-state index contributed by atoms with van der Waals surface area (Å²) in [4.78, 5) is 0. The lowest BCUT2D eigenvalue weighted by Gasteiger charge is -1.96. The lowest BCUT2D eigenvalue weighted by molar-refractivity contribution is -0.693.